The normalized spacial score (nSPS) is 11.4. The van der Waals surface area contributed by atoms with Gasteiger partial charge in [-0.3, -0.25) is 4.31 Å². The van der Waals surface area contributed by atoms with Gasteiger partial charge in [0.1, 0.15) is 5.75 Å². The SMILES string of the molecule is COc1ccc(F)c(F)c1CN(c1ccc(Cl)c(N)c1)S(C)(=O)=O. The first-order valence-electron chi connectivity index (χ1n) is 6.68. The molecule has 2 rings (SSSR count). The monoisotopic (exact) mass is 376 g/mol. The summed E-state index contributed by atoms with van der Waals surface area (Å²) in [4.78, 5) is 0. The van der Waals surface area contributed by atoms with E-state index in [4.69, 9.17) is 22.1 Å². The number of rotatable bonds is 5. The Bertz CT molecular complexity index is 875. The summed E-state index contributed by atoms with van der Waals surface area (Å²) in [6.45, 7) is -0.466. The van der Waals surface area contributed by atoms with Gasteiger partial charge in [-0.15, -0.1) is 0 Å². The van der Waals surface area contributed by atoms with E-state index in [0.717, 1.165) is 16.6 Å². The van der Waals surface area contributed by atoms with Gasteiger partial charge in [-0.1, -0.05) is 11.6 Å². The van der Waals surface area contributed by atoms with Crippen LogP contribution in [0.1, 0.15) is 5.56 Å². The molecule has 0 aliphatic rings. The Kier molecular flexibility index (Phi) is 5.19. The molecule has 2 N–H and O–H groups in total. The average Bonchev–Trinajstić information content (AvgIpc) is 2.50. The number of ether oxygens (including phenoxy) is 1. The number of anilines is 2. The van der Waals surface area contributed by atoms with Crippen LogP contribution < -0.4 is 14.8 Å². The van der Waals surface area contributed by atoms with Gasteiger partial charge in [0.25, 0.3) is 0 Å². The van der Waals surface area contributed by atoms with Gasteiger partial charge in [-0.25, -0.2) is 17.2 Å². The summed E-state index contributed by atoms with van der Waals surface area (Å²) < 4.78 is 57.8. The zero-order chi connectivity index (χ0) is 18.1. The number of nitrogens with zero attached hydrogens (tertiary/aromatic N) is 1. The molecule has 5 nitrogen and oxygen atoms in total. The first-order valence-corrected chi connectivity index (χ1v) is 8.91. The highest BCUT2D eigenvalue weighted by atomic mass is 35.5. The molecule has 0 amide bonds. The molecule has 0 aliphatic carbocycles. The van der Waals surface area contributed by atoms with Crippen LogP contribution in [0.4, 0.5) is 20.2 Å². The van der Waals surface area contributed by atoms with E-state index in [1.807, 2.05) is 0 Å². The molecular weight excluding hydrogens is 362 g/mol. The molecule has 2 aromatic rings. The predicted octanol–water partition coefficient (Wildman–Crippen LogP) is 3.18. The van der Waals surface area contributed by atoms with Crippen molar-refractivity contribution >= 4 is 33.0 Å². The summed E-state index contributed by atoms with van der Waals surface area (Å²) in [7, 11) is -2.53. The maximum Gasteiger partial charge on any atom is 0.232 e. The van der Waals surface area contributed by atoms with E-state index in [1.165, 1.54) is 31.4 Å². The number of methoxy groups -OCH3 is 1. The number of nitrogen functional groups attached to an aromatic ring is 1. The lowest BCUT2D eigenvalue weighted by Crippen LogP contribution is -2.30. The van der Waals surface area contributed by atoms with Crippen molar-refractivity contribution in [2.45, 2.75) is 6.54 Å². The minimum absolute atomic E-state index is 0.0319. The molecule has 2 aromatic carbocycles. The molecule has 0 spiro atoms. The molecule has 0 aromatic heterocycles. The molecule has 24 heavy (non-hydrogen) atoms. The second-order valence-electron chi connectivity index (χ2n) is 5.02. The lowest BCUT2D eigenvalue weighted by Gasteiger charge is -2.24. The lowest BCUT2D eigenvalue weighted by atomic mass is 10.1. The lowest BCUT2D eigenvalue weighted by molar-refractivity contribution is 0.398. The van der Waals surface area contributed by atoms with Crippen molar-refractivity contribution in [2.24, 2.45) is 0 Å². The molecule has 0 saturated carbocycles. The van der Waals surface area contributed by atoms with Gasteiger partial charge in [0.2, 0.25) is 10.0 Å². The van der Waals surface area contributed by atoms with Crippen LogP contribution in [0.25, 0.3) is 0 Å². The zero-order valence-corrected chi connectivity index (χ0v) is 14.5. The molecule has 0 radical (unpaired) electrons. The summed E-state index contributed by atoms with van der Waals surface area (Å²) in [5.74, 6) is -2.25. The minimum Gasteiger partial charge on any atom is -0.496 e. The molecule has 130 valence electrons. The molecule has 0 aliphatic heterocycles. The highest BCUT2D eigenvalue weighted by molar-refractivity contribution is 7.92. The Labute approximate surface area is 143 Å². The van der Waals surface area contributed by atoms with Crippen molar-refractivity contribution in [2.75, 3.05) is 23.4 Å². The van der Waals surface area contributed by atoms with E-state index < -0.39 is 28.2 Å². The smallest absolute Gasteiger partial charge is 0.232 e. The number of sulfonamides is 1. The molecular formula is C15H15ClF2N2O3S. The summed E-state index contributed by atoms with van der Waals surface area (Å²) in [6, 6.07) is 6.31. The first-order chi connectivity index (χ1) is 11.1. The van der Waals surface area contributed by atoms with Crippen LogP contribution in [0.15, 0.2) is 30.3 Å². The Hall–Kier alpha value is -2.06. The van der Waals surface area contributed by atoms with Crippen molar-refractivity contribution in [3.05, 3.63) is 52.6 Å². The summed E-state index contributed by atoms with van der Waals surface area (Å²) >= 11 is 5.83. The van der Waals surface area contributed by atoms with Gasteiger partial charge in [0.05, 0.1) is 41.9 Å². The van der Waals surface area contributed by atoms with E-state index in [1.54, 1.807) is 0 Å². The van der Waals surface area contributed by atoms with E-state index in [9.17, 15) is 17.2 Å². The van der Waals surface area contributed by atoms with Crippen molar-refractivity contribution < 1.29 is 21.9 Å². The molecule has 0 atom stereocenters. The van der Waals surface area contributed by atoms with Crippen molar-refractivity contribution in [3.8, 4) is 5.75 Å². The van der Waals surface area contributed by atoms with Crippen molar-refractivity contribution in [3.63, 3.8) is 0 Å². The van der Waals surface area contributed by atoms with E-state index >= 15 is 0 Å². The summed E-state index contributed by atoms with van der Waals surface area (Å²) in [5, 5.41) is 0.252. The van der Waals surface area contributed by atoms with Crippen LogP contribution in [0, 0.1) is 11.6 Å². The van der Waals surface area contributed by atoms with Crippen molar-refractivity contribution in [1.29, 1.82) is 0 Å². The number of nitrogens with two attached hydrogens (primary N) is 1. The van der Waals surface area contributed by atoms with E-state index in [0.29, 0.717) is 0 Å². The van der Waals surface area contributed by atoms with Crippen LogP contribution in [-0.2, 0) is 16.6 Å². The van der Waals surface area contributed by atoms with Crippen LogP contribution in [-0.4, -0.2) is 21.8 Å². The Morgan fingerprint density at radius 3 is 2.46 bits per heavy atom. The van der Waals surface area contributed by atoms with Gasteiger partial charge >= 0.3 is 0 Å². The Morgan fingerprint density at radius 1 is 1.25 bits per heavy atom. The van der Waals surface area contributed by atoms with Gasteiger partial charge in [-0.2, -0.15) is 0 Å². The molecule has 0 fully saturated rings. The largest absolute Gasteiger partial charge is 0.496 e. The fourth-order valence-corrected chi connectivity index (χ4v) is 3.12. The van der Waals surface area contributed by atoms with Crippen LogP contribution in [0.3, 0.4) is 0 Å². The average molecular weight is 377 g/mol. The first kappa shape index (κ1) is 18.3. The van der Waals surface area contributed by atoms with Crippen molar-refractivity contribution in [1.82, 2.24) is 0 Å². The van der Waals surface area contributed by atoms with Gasteiger partial charge in [-0.05, 0) is 30.3 Å². The van der Waals surface area contributed by atoms with Gasteiger partial charge < -0.3 is 10.5 Å². The highest BCUT2D eigenvalue weighted by Crippen LogP contribution is 2.31. The quantitative estimate of drug-likeness (QED) is 0.813. The number of halogens is 3. The molecule has 0 unspecified atom stereocenters. The third kappa shape index (κ3) is 3.70. The third-order valence-corrected chi connectivity index (χ3v) is 4.83. The maximum atomic E-state index is 14.1. The highest BCUT2D eigenvalue weighted by Gasteiger charge is 2.24. The summed E-state index contributed by atoms with van der Waals surface area (Å²) in [6.07, 6.45) is 0.946. The third-order valence-electron chi connectivity index (χ3n) is 3.34. The van der Waals surface area contributed by atoms with Gasteiger partial charge in [0, 0.05) is 0 Å². The van der Waals surface area contributed by atoms with Crippen LogP contribution in [0.5, 0.6) is 5.75 Å². The minimum atomic E-state index is -3.81. The molecule has 9 heteroatoms. The number of benzene rings is 2. The predicted molar refractivity (Wildman–Crippen MR) is 89.8 cm³/mol. The van der Waals surface area contributed by atoms with E-state index in [2.05, 4.69) is 0 Å². The van der Waals surface area contributed by atoms with Crippen LogP contribution in [0.2, 0.25) is 5.02 Å². The Balaban J connectivity index is 2.56. The standard InChI is InChI=1S/C15H15ClF2N2O3S/c1-23-14-6-5-12(17)15(18)10(14)8-20(24(2,21)22)9-3-4-11(16)13(19)7-9/h3-7H,8,19H2,1-2H3. The molecule has 0 saturated heterocycles. The number of hydrogen-bond acceptors (Lipinski definition) is 4. The fourth-order valence-electron chi connectivity index (χ4n) is 2.14. The molecule has 0 bridgehead atoms. The topological polar surface area (TPSA) is 72.6 Å². The second-order valence-corrected chi connectivity index (χ2v) is 7.33. The maximum absolute atomic E-state index is 14.1. The van der Waals surface area contributed by atoms with Crippen LogP contribution >= 0.6 is 11.6 Å². The van der Waals surface area contributed by atoms with Gasteiger partial charge in [0.15, 0.2) is 11.6 Å². The second kappa shape index (κ2) is 6.82. The fraction of sp³-hybridized carbons (Fsp3) is 0.200. The zero-order valence-electron chi connectivity index (χ0n) is 12.9. The Morgan fingerprint density at radius 2 is 1.92 bits per heavy atom. The molecule has 0 heterocycles. The number of hydrogen-bond donors (Lipinski definition) is 1. The summed E-state index contributed by atoms with van der Waals surface area (Å²) in [5.41, 5.74) is 5.80. The van der Waals surface area contributed by atoms with E-state index in [-0.39, 0.29) is 27.7 Å².